The van der Waals surface area contributed by atoms with Crippen molar-refractivity contribution in [2.24, 2.45) is 0 Å². The molecular weight excluding hydrogens is 252 g/mol. The molecule has 1 rings (SSSR count). The molecule has 1 amide bonds. The normalized spacial score (nSPS) is 10.0. The lowest BCUT2D eigenvalue weighted by atomic mass is 10.3. The maximum Gasteiger partial charge on any atom is 0.239 e. The van der Waals surface area contributed by atoms with Gasteiger partial charge in [0.25, 0.3) is 0 Å². The van der Waals surface area contributed by atoms with Gasteiger partial charge in [-0.2, -0.15) is 5.26 Å². The lowest BCUT2D eigenvalue weighted by Gasteiger charge is -2.19. The van der Waals surface area contributed by atoms with Crippen LogP contribution in [0.3, 0.4) is 0 Å². The standard InChI is InChI=1S/C12H15ClN4O/c1-8(2)16-10(18)7-17(3)12-11(13)9(6-14)4-5-15-12/h4-5,8H,7H2,1-3H3,(H,16,18). The number of amides is 1. The van der Waals surface area contributed by atoms with E-state index in [1.807, 2.05) is 19.9 Å². The van der Waals surface area contributed by atoms with E-state index in [-0.39, 0.29) is 23.5 Å². The van der Waals surface area contributed by atoms with Crippen molar-refractivity contribution in [3.8, 4) is 6.07 Å². The summed E-state index contributed by atoms with van der Waals surface area (Å²) in [6, 6.07) is 3.60. The summed E-state index contributed by atoms with van der Waals surface area (Å²) in [5, 5.41) is 11.9. The summed E-state index contributed by atoms with van der Waals surface area (Å²) >= 11 is 6.03. The maximum absolute atomic E-state index is 11.6. The van der Waals surface area contributed by atoms with Gasteiger partial charge in [-0.15, -0.1) is 0 Å². The van der Waals surface area contributed by atoms with Gasteiger partial charge in [-0.05, 0) is 19.9 Å². The quantitative estimate of drug-likeness (QED) is 0.898. The predicted molar refractivity (Wildman–Crippen MR) is 70.5 cm³/mol. The van der Waals surface area contributed by atoms with Crippen LogP contribution in [0.2, 0.25) is 5.02 Å². The van der Waals surface area contributed by atoms with E-state index in [1.165, 1.54) is 12.3 Å². The minimum atomic E-state index is -0.118. The Hall–Kier alpha value is -1.80. The number of carbonyl (C=O) groups excluding carboxylic acids is 1. The molecule has 0 saturated carbocycles. The van der Waals surface area contributed by atoms with Gasteiger partial charge in [0, 0.05) is 19.3 Å². The highest BCUT2D eigenvalue weighted by molar-refractivity contribution is 6.34. The average molecular weight is 267 g/mol. The summed E-state index contributed by atoms with van der Waals surface area (Å²) in [7, 11) is 1.70. The van der Waals surface area contributed by atoms with E-state index in [0.717, 1.165) is 0 Å². The highest BCUT2D eigenvalue weighted by atomic mass is 35.5. The summed E-state index contributed by atoms with van der Waals surface area (Å²) < 4.78 is 0. The highest BCUT2D eigenvalue weighted by Gasteiger charge is 2.14. The van der Waals surface area contributed by atoms with Gasteiger partial charge in [0.05, 0.1) is 12.1 Å². The third-order valence-electron chi connectivity index (χ3n) is 2.18. The number of rotatable bonds is 4. The minimum absolute atomic E-state index is 0.0831. The van der Waals surface area contributed by atoms with Crippen LogP contribution >= 0.6 is 11.6 Å². The maximum atomic E-state index is 11.6. The third kappa shape index (κ3) is 3.60. The van der Waals surface area contributed by atoms with E-state index in [2.05, 4.69) is 10.3 Å². The zero-order chi connectivity index (χ0) is 13.7. The fraction of sp³-hybridized carbons (Fsp3) is 0.417. The van der Waals surface area contributed by atoms with Gasteiger partial charge in [-0.25, -0.2) is 4.98 Å². The van der Waals surface area contributed by atoms with E-state index < -0.39 is 0 Å². The van der Waals surface area contributed by atoms with Gasteiger partial charge in [0.15, 0.2) is 0 Å². The number of hydrogen-bond donors (Lipinski definition) is 1. The molecule has 1 N–H and O–H groups in total. The lowest BCUT2D eigenvalue weighted by molar-refractivity contribution is -0.120. The molecule has 0 aliphatic rings. The fourth-order valence-electron chi connectivity index (χ4n) is 1.44. The Morgan fingerprint density at radius 1 is 1.67 bits per heavy atom. The predicted octanol–water partition coefficient (Wildman–Crippen LogP) is 1.57. The molecule has 0 spiro atoms. The van der Waals surface area contributed by atoms with Crippen molar-refractivity contribution in [3.05, 3.63) is 22.8 Å². The smallest absolute Gasteiger partial charge is 0.239 e. The number of halogens is 1. The Kier molecular flexibility index (Phi) is 4.93. The van der Waals surface area contributed by atoms with Gasteiger partial charge in [-0.1, -0.05) is 11.6 Å². The van der Waals surface area contributed by atoms with E-state index in [9.17, 15) is 4.79 Å². The number of nitrogens with zero attached hydrogens (tertiary/aromatic N) is 3. The Bertz CT molecular complexity index is 481. The van der Waals surface area contributed by atoms with Crippen LogP contribution in [-0.4, -0.2) is 30.5 Å². The van der Waals surface area contributed by atoms with E-state index in [4.69, 9.17) is 16.9 Å². The molecular formula is C12H15ClN4O. The summed E-state index contributed by atoms with van der Waals surface area (Å²) in [5.74, 6) is 0.308. The minimum Gasteiger partial charge on any atom is -0.352 e. The van der Waals surface area contributed by atoms with Gasteiger partial charge in [0.2, 0.25) is 5.91 Å². The average Bonchev–Trinajstić information content (AvgIpc) is 2.27. The van der Waals surface area contributed by atoms with Crippen LogP contribution < -0.4 is 10.2 Å². The molecule has 0 saturated heterocycles. The zero-order valence-corrected chi connectivity index (χ0v) is 11.3. The SMILES string of the molecule is CC(C)NC(=O)CN(C)c1nccc(C#N)c1Cl. The molecule has 0 fully saturated rings. The second kappa shape index (κ2) is 6.22. The first-order chi connectivity index (χ1) is 8.45. The number of carbonyl (C=O) groups is 1. The summed E-state index contributed by atoms with van der Waals surface area (Å²) in [5.41, 5.74) is 0.345. The molecule has 0 radical (unpaired) electrons. The van der Waals surface area contributed by atoms with Crippen LogP contribution in [0.25, 0.3) is 0 Å². The van der Waals surface area contributed by atoms with E-state index in [1.54, 1.807) is 11.9 Å². The van der Waals surface area contributed by atoms with Crippen molar-refractivity contribution in [1.82, 2.24) is 10.3 Å². The largest absolute Gasteiger partial charge is 0.352 e. The van der Waals surface area contributed by atoms with Crippen LogP contribution in [0, 0.1) is 11.3 Å². The van der Waals surface area contributed by atoms with Crippen molar-refractivity contribution in [2.45, 2.75) is 19.9 Å². The van der Waals surface area contributed by atoms with Gasteiger partial charge in [0.1, 0.15) is 16.9 Å². The topological polar surface area (TPSA) is 69.0 Å². The summed E-state index contributed by atoms with van der Waals surface area (Å²) in [6.07, 6.45) is 1.50. The first-order valence-corrected chi connectivity index (χ1v) is 5.88. The van der Waals surface area contributed by atoms with Crippen molar-refractivity contribution >= 4 is 23.3 Å². The lowest BCUT2D eigenvalue weighted by Crippen LogP contribution is -2.39. The number of nitrogens with one attached hydrogen (secondary N) is 1. The molecule has 0 atom stereocenters. The number of hydrogen-bond acceptors (Lipinski definition) is 4. The fourth-order valence-corrected chi connectivity index (χ4v) is 1.74. The molecule has 6 heteroatoms. The van der Waals surface area contributed by atoms with Crippen molar-refractivity contribution < 1.29 is 4.79 Å². The van der Waals surface area contributed by atoms with E-state index in [0.29, 0.717) is 11.4 Å². The van der Waals surface area contributed by atoms with Gasteiger partial charge in [-0.3, -0.25) is 4.79 Å². The van der Waals surface area contributed by atoms with Crippen molar-refractivity contribution in [2.75, 3.05) is 18.5 Å². The molecule has 1 aromatic heterocycles. The highest BCUT2D eigenvalue weighted by Crippen LogP contribution is 2.25. The molecule has 96 valence electrons. The molecule has 0 unspecified atom stereocenters. The zero-order valence-electron chi connectivity index (χ0n) is 10.6. The molecule has 0 bridgehead atoms. The van der Waals surface area contributed by atoms with Crippen LogP contribution in [0.5, 0.6) is 0 Å². The monoisotopic (exact) mass is 266 g/mol. The molecule has 0 aliphatic heterocycles. The first kappa shape index (κ1) is 14.3. The first-order valence-electron chi connectivity index (χ1n) is 5.50. The van der Waals surface area contributed by atoms with Crippen LogP contribution in [0.1, 0.15) is 19.4 Å². The van der Waals surface area contributed by atoms with Crippen molar-refractivity contribution in [1.29, 1.82) is 5.26 Å². The number of likely N-dealkylation sites (N-methyl/N-ethyl adjacent to an activating group) is 1. The number of pyridine rings is 1. The number of nitriles is 1. The van der Waals surface area contributed by atoms with E-state index >= 15 is 0 Å². The second-order valence-electron chi connectivity index (χ2n) is 4.19. The summed E-state index contributed by atoms with van der Waals surface area (Å²) in [4.78, 5) is 17.3. The van der Waals surface area contributed by atoms with Crippen LogP contribution in [0.4, 0.5) is 5.82 Å². The molecule has 0 aliphatic carbocycles. The number of aromatic nitrogens is 1. The molecule has 0 aromatic carbocycles. The van der Waals surface area contributed by atoms with Crippen molar-refractivity contribution in [3.63, 3.8) is 0 Å². The van der Waals surface area contributed by atoms with Gasteiger partial charge < -0.3 is 10.2 Å². The Morgan fingerprint density at radius 3 is 2.89 bits per heavy atom. The Balaban J connectivity index is 2.82. The number of anilines is 1. The third-order valence-corrected chi connectivity index (χ3v) is 2.56. The van der Waals surface area contributed by atoms with Gasteiger partial charge >= 0.3 is 0 Å². The molecule has 1 aromatic rings. The second-order valence-corrected chi connectivity index (χ2v) is 4.56. The Labute approximate surface area is 111 Å². The van der Waals surface area contributed by atoms with Crippen LogP contribution in [-0.2, 0) is 4.79 Å². The molecule has 1 heterocycles. The van der Waals surface area contributed by atoms with Crippen LogP contribution in [0.15, 0.2) is 12.3 Å². The Morgan fingerprint density at radius 2 is 2.33 bits per heavy atom. The molecule has 5 nitrogen and oxygen atoms in total. The molecule has 18 heavy (non-hydrogen) atoms. The summed E-state index contributed by atoms with van der Waals surface area (Å²) in [6.45, 7) is 3.92.